The van der Waals surface area contributed by atoms with Crippen molar-refractivity contribution >= 4 is 0 Å². The molecule has 0 unspecified atom stereocenters. The molecule has 0 saturated heterocycles. The summed E-state index contributed by atoms with van der Waals surface area (Å²) in [6, 6.07) is 1.07. The van der Waals surface area contributed by atoms with Gasteiger partial charge in [-0.25, -0.2) is 0 Å². The highest BCUT2D eigenvalue weighted by atomic mass is 15.3. The average molecular weight is 223 g/mol. The fourth-order valence-electron chi connectivity index (χ4n) is 1.86. The first-order valence-electron chi connectivity index (χ1n) is 6.36. The number of aryl methyl sites for hydroxylation is 1. The zero-order chi connectivity index (χ0) is 12.1. The molecule has 3 nitrogen and oxygen atoms in total. The normalized spacial score (nSPS) is 11.7. The molecule has 1 heterocycles. The van der Waals surface area contributed by atoms with E-state index in [2.05, 4.69) is 55.9 Å². The van der Waals surface area contributed by atoms with Gasteiger partial charge < -0.3 is 5.32 Å². The first kappa shape index (κ1) is 13.2. The number of nitrogens with one attached hydrogen (secondary N) is 1. The zero-order valence-corrected chi connectivity index (χ0v) is 11.2. The van der Waals surface area contributed by atoms with Crippen LogP contribution in [0.1, 0.15) is 57.8 Å². The minimum absolute atomic E-state index is 0.524. The molecule has 0 fully saturated rings. The largest absolute Gasteiger partial charge is 0.310 e. The van der Waals surface area contributed by atoms with Gasteiger partial charge in [-0.05, 0) is 19.8 Å². The second-order valence-corrected chi connectivity index (χ2v) is 4.73. The Morgan fingerprint density at radius 2 is 1.94 bits per heavy atom. The van der Waals surface area contributed by atoms with E-state index in [1.807, 2.05) is 0 Å². The van der Waals surface area contributed by atoms with Crippen molar-refractivity contribution in [2.75, 3.05) is 0 Å². The van der Waals surface area contributed by atoms with Gasteiger partial charge in [-0.2, -0.15) is 5.10 Å². The zero-order valence-electron chi connectivity index (χ0n) is 11.2. The summed E-state index contributed by atoms with van der Waals surface area (Å²) in [6.07, 6.45) is 4.49. The van der Waals surface area contributed by atoms with Crippen molar-refractivity contribution in [3.63, 3.8) is 0 Å². The van der Waals surface area contributed by atoms with Crippen LogP contribution in [-0.2, 0) is 6.54 Å². The third-order valence-corrected chi connectivity index (χ3v) is 3.04. The lowest BCUT2D eigenvalue weighted by Gasteiger charge is -2.12. The molecule has 1 aromatic heterocycles. The van der Waals surface area contributed by atoms with E-state index in [4.69, 9.17) is 0 Å². The maximum atomic E-state index is 4.61. The maximum absolute atomic E-state index is 4.61. The predicted octanol–water partition coefficient (Wildman–Crippen LogP) is 3.05. The molecular weight excluding hydrogens is 198 g/mol. The summed E-state index contributed by atoms with van der Waals surface area (Å²) in [5.74, 6) is 0. The number of hydrogen-bond acceptors (Lipinski definition) is 2. The Morgan fingerprint density at radius 3 is 2.44 bits per heavy atom. The van der Waals surface area contributed by atoms with E-state index >= 15 is 0 Å². The molecule has 92 valence electrons. The number of rotatable bonds is 6. The van der Waals surface area contributed by atoms with Crippen LogP contribution in [0, 0.1) is 6.92 Å². The molecule has 0 bridgehead atoms. The summed E-state index contributed by atoms with van der Waals surface area (Å²) in [6.45, 7) is 11.8. The first-order valence-corrected chi connectivity index (χ1v) is 6.36. The van der Waals surface area contributed by atoms with Crippen LogP contribution in [-0.4, -0.2) is 15.8 Å². The minimum atomic E-state index is 0.524. The molecule has 1 N–H and O–H groups in total. The molecule has 0 amide bonds. The maximum Gasteiger partial charge on any atom is 0.0638 e. The van der Waals surface area contributed by atoms with E-state index in [9.17, 15) is 0 Å². The summed E-state index contributed by atoms with van der Waals surface area (Å²) < 4.78 is 2.13. The van der Waals surface area contributed by atoms with Crippen LogP contribution in [0.2, 0.25) is 0 Å². The van der Waals surface area contributed by atoms with Crippen LogP contribution >= 0.6 is 0 Å². The van der Waals surface area contributed by atoms with Gasteiger partial charge >= 0.3 is 0 Å². The summed E-state index contributed by atoms with van der Waals surface area (Å²) >= 11 is 0. The smallest absolute Gasteiger partial charge is 0.0638 e. The lowest BCUT2D eigenvalue weighted by Crippen LogP contribution is -2.21. The van der Waals surface area contributed by atoms with Crippen LogP contribution in [0.25, 0.3) is 0 Å². The molecule has 0 atom stereocenters. The standard InChI is InChI=1S/C13H25N3/c1-6-13(7-2)16-9-12(11(5)15-16)8-14-10(3)4/h9-10,13-14H,6-8H2,1-5H3. The van der Waals surface area contributed by atoms with Gasteiger partial charge in [0.25, 0.3) is 0 Å². The second-order valence-electron chi connectivity index (χ2n) is 4.73. The van der Waals surface area contributed by atoms with Gasteiger partial charge in [0.15, 0.2) is 0 Å². The van der Waals surface area contributed by atoms with Gasteiger partial charge in [-0.15, -0.1) is 0 Å². The summed E-state index contributed by atoms with van der Waals surface area (Å²) in [7, 11) is 0. The van der Waals surface area contributed by atoms with E-state index in [1.165, 1.54) is 5.56 Å². The average Bonchev–Trinajstić information content (AvgIpc) is 2.59. The molecule has 3 heteroatoms. The van der Waals surface area contributed by atoms with Crippen molar-refractivity contribution in [2.45, 2.75) is 66.1 Å². The molecule has 1 aromatic rings. The van der Waals surface area contributed by atoms with Gasteiger partial charge in [0.05, 0.1) is 11.7 Å². The molecule has 0 aromatic carbocycles. The minimum Gasteiger partial charge on any atom is -0.310 e. The van der Waals surface area contributed by atoms with Gasteiger partial charge in [0, 0.05) is 24.3 Å². The first-order chi connectivity index (χ1) is 7.58. The SMILES string of the molecule is CCC(CC)n1cc(CNC(C)C)c(C)n1. The Kier molecular flexibility index (Phi) is 5.00. The molecule has 1 rings (SSSR count). The monoisotopic (exact) mass is 223 g/mol. The van der Waals surface area contributed by atoms with Gasteiger partial charge in [0.2, 0.25) is 0 Å². The van der Waals surface area contributed by atoms with Crippen molar-refractivity contribution in [3.8, 4) is 0 Å². The highest BCUT2D eigenvalue weighted by molar-refractivity contribution is 5.15. The van der Waals surface area contributed by atoms with E-state index in [1.54, 1.807) is 0 Å². The van der Waals surface area contributed by atoms with Gasteiger partial charge in [0.1, 0.15) is 0 Å². The molecule has 0 saturated carbocycles. The molecule has 16 heavy (non-hydrogen) atoms. The molecule has 0 radical (unpaired) electrons. The van der Waals surface area contributed by atoms with Crippen LogP contribution in [0.5, 0.6) is 0 Å². The fourth-order valence-corrected chi connectivity index (χ4v) is 1.86. The van der Waals surface area contributed by atoms with Gasteiger partial charge in [-0.3, -0.25) is 4.68 Å². The van der Waals surface area contributed by atoms with E-state index in [0.717, 1.165) is 25.1 Å². The third kappa shape index (κ3) is 3.34. The summed E-state index contributed by atoms with van der Waals surface area (Å²) in [5, 5.41) is 8.04. The number of aromatic nitrogens is 2. The van der Waals surface area contributed by atoms with Crippen LogP contribution in [0.3, 0.4) is 0 Å². The topological polar surface area (TPSA) is 29.9 Å². The molecule has 0 aliphatic carbocycles. The predicted molar refractivity (Wildman–Crippen MR) is 68.6 cm³/mol. The summed E-state index contributed by atoms with van der Waals surface area (Å²) in [5.41, 5.74) is 2.47. The Bertz CT molecular complexity index is 311. The lowest BCUT2D eigenvalue weighted by atomic mass is 10.2. The third-order valence-electron chi connectivity index (χ3n) is 3.04. The Balaban J connectivity index is 2.72. The number of hydrogen-bond donors (Lipinski definition) is 1. The highest BCUT2D eigenvalue weighted by Gasteiger charge is 2.10. The van der Waals surface area contributed by atoms with Crippen molar-refractivity contribution in [1.29, 1.82) is 0 Å². The van der Waals surface area contributed by atoms with E-state index in [-0.39, 0.29) is 0 Å². The Morgan fingerprint density at radius 1 is 1.31 bits per heavy atom. The lowest BCUT2D eigenvalue weighted by molar-refractivity contribution is 0.426. The van der Waals surface area contributed by atoms with Crippen molar-refractivity contribution in [1.82, 2.24) is 15.1 Å². The molecule has 0 aliphatic heterocycles. The summed E-state index contributed by atoms with van der Waals surface area (Å²) in [4.78, 5) is 0. The molecular formula is C13H25N3. The van der Waals surface area contributed by atoms with Crippen molar-refractivity contribution in [2.24, 2.45) is 0 Å². The second kappa shape index (κ2) is 6.04. The van der Waals surface area contributed by atoms with E-state index < -0.39 is 0 Å². The Labute approximate surface area is 99.2 Å². The van der Waals surface area contributed by atoms with Crippen molar-refractivity contribution < 1.29 is 0 Å². The highest BCUT2D eigenvalue weighted by Crippen LogP contribution is 2.17. The van der Waals surface area contributed by atoms with Crippen molar-refractivity contribution in [3.05, 3.63) is 17.5 Å². The molecule has 0 aliphatic rings. The number of nitrogens with zero attached hydrogens (tertiary/aromatic N) is 2. The van der Waals surface area contributed by atoms with Crippen LogP contribution in [0.4, 0.5) is 0 Å². The fraction of sp³-hybridized carbons (Fsp3) is 0.769. The molecule has 0 spiro atoms. The quantitative estimate of drug-likeness (QED) is 0.803. The van der Waals surface area contributed by atoms with Crippen LogP contribution in [0.15, 0.2) is 6.20 Å². The van der Waals surface area contributed by atoms with Crippen LogP contribution < -0.4 is 5.32 Å². The van der Waals surface area contributed by atoms with Gasteiger partial charge in [-0.1, -0.05) is 27.7 Å². The van der Waals surface area contributed by atoms with E-state index in [0.29, 0.717) is 12.1 Å². The Hall–Kier alpha value is -0.830.